The van der Waals surface area contributed by atoms with Crippen molar-refractivity contribution < 1.29 is 9.53 Å². The summed E-state index contributed by atoms with van der Waals surface area (Å²) in [6.07, 6.45) is 1.63. The molecule has 0 aliphatic heterocycles. The van der Waals surface area contributed by atoms with Crippen molar-refractivity contribution in [3.63, 3.8) is 0 Å². The van der Waals surface area contributed by atoms with Crippen LogP contribution in [-0.4, -0.2) is 39.7 Å². The maximum absolute atomic E-state index is 12.4. The van der Waals surface area contributed by atoms with Crippen LogP contribution in [0.5, 0.6) is 5.75 Å². The highest BCUT2D eigenvalue weighted by atomic mass is 32.2. The molecule has 0 aliphatic rings. The van der Waals surface area contributed by atoms with E-state index in [0.29, 0.717) is 11.0 Å². The van der Waals surface area contributed by atoms with Crippen molar-refractivity contribution >= 4 is 35.2 Å². The summed E-state index contributed by atoms with van der Waals surface area (Å²) in [5.74, 6) is 1.39. The molecule has 35 heavy (non-hydrogen) atoms. The van der Waals surface area contributed by atoms with Crippen molar-refractivity contribution in [1.29, 1.82) is 0 Å². The molecule has 2 heterocycles. The first-order chi connectivity index (χ1) is 16.8. The highest BCUT2D eigenvalue weighted by molar-refractivity contribution is 7.99. The molecular formula is C26H27N5O2S2. The van der Waals surface area contributed by atoms with Crippen LogP contribution in [0.4, 0.5) is 0 Å². The minimum absolute atomic E-state index is 0.0581. The first-order valence-electron chi connectivity index (χ1n) is 11.0. The van der Waals surface area contributed by atoms with E-state index in [1.165, 1.54) is 17.3 Å². The monoisotopic (exact) mass is 505 g/mol. The van der Waals surface area contributed by atoms with Crippen molar-refractivity contribution in [3.8, 4) is 22.8 Å². The summed E-state index contributed by atoms with van der Waals surface area (Å²) in [7, 11) is 1.64. The molecular weight excluding hydrogens is 478 g/mol. The Morgan fingerprint density at radius 3 is 2.49 bits per heavy atom. The molecule has 4 rings (SSSR count). The van der Waals surface area contributed by atoms with Crippen molar-refractivity contribution in [2.75, 3.05) is 12.9 Å². The number of methoxy groups -OCH3 is 1. The maximum Gasteiger partial charge on any atom is 0.250 e. The molecule has 0 saturated carbocycles. The number of thioether (sulfide) groups is 1. The molecule has 0 bridgehead atoms. The van der Waals surface area contributed by atoms with E-state index < -0.39 is 0 Å². The zero-order valence-electron chi connectivity index (χ0n) is 20.1. The molecule has 7 nitrogen and oxygen atoms in total. The topological polar surface area (TPSA) is 81.4 Å². The summed E-state index contributed by atoms with van der Waals surface area (Å²) in [4.78, 5) is 13.3. The largest absolute Gasteiger partial charge is 0.497 e. The molecule has 0 unspecified atom stereocenters. The lowest BCUT2D eigenvalue weighted by Gasteiger charge is -2.19. The summed E-state index contributed by atoms with van der Waals surface area (Å²) < 4.78 is 7.27. The van der Waals surface area contributed by atoms with Crippen LogP contribution in [-0.2, 0) is 10.2 Å². The van der Waals surface area contributed by atoms with Gasteiger partial charge in [0.15, 0.2) is 11.0 Å². The Morgan fingerprint density at radius 2 is 1.86 bits per heavy atom. The van der Waals surface area contributed by atoms with Gasteiger partial charge in [-0.2, -0.15) is 5.10 Å². The van der Waals surface area contributed by atoms with Gasteiger partial charge in [0.1, 0.15) is 5.75 Å². The predicted molar refractivity (Wildman–Crippen MR) is 143 cm³/mol. The van der Waals surface area contributed by atoms with E-state index in [1.807, 2.05) is 46.3 Å². The van der Waals surface area contributed by atoms with Crippen molar-refractivity contribution in [2.24, 2.45) is 5.10 Å². The number of benzene rings is 2. The first kappa shape index (κ1) is 24.7. The number of aromatic nitrogens is 3. The minimum atomic E-state index is -0.219. The van der Waals surface area contributed by atoms with Crippen molar-refractivity contribution in [2.45, 2.75) is 31.3 Å². The summed E-state index contributed by atoms with van der Waals surface area (Å²) in [5, 5.41) is 15.5. The molecule has 0 aliphatic carbocycles. The zero-order valence-corrected chi connectivity index (χ0v) is 21.7. The van der Waals surface area contributed by atoms with Crippen LogP contribution in [0.25, 0.3) is 17.1 Å². The molecule has 180 valence electrons. The van der Waals surface area contributed by atoms with E-state index in [9.17, 15) is 4.79 Å². The number of amides is 1. The molecule has 0 fully saturated rings. The van der Waals surface area contributed by atoms with E-state index in [2.05, 4.69) is 65.8 Å². The zero-order chi connectivity index (χ0) is 24.8. The van der Waals surface area contributed by atoms with E-state index in [0.717, 1.165) is 21.9 Å². The Hall–Kier alpha value is -3.43. The maximum atomic E-state index is 12.4. The van der Waals surface area contributed by atoms with Gasteiger partial charge in [-0.3, -0.25) is 9.36 Å². The second-order valence-corrected chi connectivity index (χ2v) is 10.7. The van der Waals surface area contributed by atoms with Gasteiger partial charge in [0, 0.05) is 16.1 Å². The number of carbonyl (C=O) groups is 1. The van der Waals surface area contributed by atoms with Gasteiger partial charge in [-0.05, 0) is 46.7 Å². The van der Waals surface area contributed by atoms with Gasteiger partial charge in [0.2, 0.25) is 0 Å². The van der Waals surface area contributed by atoms with Crippen LogP contribution in [0, 0.1) is 0 Å². The van der Waals surface area contributed by atoms with Gasteiger partial charge in [-0.25, -0.2) is 5.43 Å². The van der Waals surface area contributed by atoms with Gasteiger partial charge in [-0.1, -0.05) is 62.9 Å². The Morgan fingerprint density at radius 1 is 1.11 bits per heavy atom. The lowest BCUT2D eigenvalue weighted by molar-refractivity contribution is -0.118. The Bertz CT molecular complexity index is 1290. The van der Waals surface area contributed by atoms with E-state index >= 15 is 0 Å². The first-order valence-corrected chi connectivity index (χ1v) is 12.9. The second kappa shape index (κ2) is 10.9. The van der Waals surface area contributed by atoms with Gasteiger partial charge in [-0.15, -0.1) is 21.5 Å². The van der Waals surface area contributed by atoms with Crippen molar-refractivity contribution in [1.82, 2.24) is 20.2 Å². The second-order valence-electron chi connectivity index (χ2n) is 8.76. The predicted octanol–water partition coefficient (Wildman–Crippen LogP) is 5.54. The van der Waals surface area contributed by atoms with Crippen LogP contribution in [0.15, 0.2) is 76.3 Å². The molecule has 2 aromatic heterocycles. The third-order valence-electron chi connectivity index (χ3n) is 5.23. The van der Waals surface area contributed by atoms with Crippen LogP contribution >= 0.6 is 23.1 Å². The molecule has 9 heteroatoms. The fourth-order valence-corrected chi connectivity index (χ4v) is 4.66. The Labute approximate surface area is 213 Å². The standard InChI is InChI=1S/C26H27N5O2S2/c1-26(2,3)19-9-7-18(8-10-19)24-29-30-25(31(24)20-11-13-21(33-4)14-12-20)35-17-23(32)28-27-16-22-6-5-15-34-22/h5-16H,17H2,1-4H3,(H,28,32). The molecule has 0 spiro atoms. The van der Waals surface area contributed by atoms with Gasteiger partial charge in [0.25, 0.3) is 5.91 Å². The summed E-state index contributed by atoms with van der Waals surface area (Å²) in [5.41, 5.74) is 5.69. The van der Waals surface area contributed by atoms with E-state index in [-0.39, 0.29) is 17.1 Å². The number of thiophene rings is 1. The summed E-state index contributed by atoms with van der Waals surface area (Å²) in [6, 6.07) is 19.9. The van der Waals surface area contributed by atoms with Crippen LogP contribution in [0.3, 0.4) is 0 Å². The van der Waals surface area contributed by atoms with Gasteiger partial charge < -0.3 is 4.74 Å². The summed E-state index contributed by atoms with van der Waals surface area (Å²) >= 11 is 2.86. The van der Waals surface area contributed by atoms with Gasteiger partial charge in [0.05, 0.1) is 19.1 Å². The number of rotatable bonds is 8. The number of hydrogen-bond acceptors (Lipinski definition) is 7. The minimum Gasteiger partial charge on any atom is -0.497 e. The van der Waals surface area contributed by atoms with Crippen LogP contribution in [0.1, 0.15) is 31.2 Å². The van der Waals surface area contributed by atoms with Crippen molar-refractivity contribution in [3.05, 3.63) is 76.5 Å². The average molecular weight is 506 g/mol. The van der Waals surface area contributed by atoms with Crippen LogP contribution < -0.4 is 10.2 Å². The normalized spacial score (nSPS) is 11.7. The van der Waals surface area contributed by atoms with Crippen LogP contribution in [0.2, 0.25) is 0 Å². The average Bonchev–Trinajstić information content (AvgIpc) is 3.52. The number of ether oxygens (including phenoxy) is 1. The smallest absolute Gasteiger partial charge is 0.250 e. The fourth-order valence-electron chi connectivity index (χ4n) is 3.33. The van der Waals surface area contributed by atoms with E-state index in [4.69, 9.17) is 4.74 Å². The number of hydrogen-bond donors (Lipinski definition) is 1. The Balaban J connectivity index is 1.58. The molecule has 1 N–H and O–H groups in total. The van der Waals surface area contributed by atoms with Gasteiger partial charge >= 0.3 is 0 Å². The molecule has 0 atom stereocenters. The molecule has 4 aromatic rings. The molecule has 2 aromatic carbocycles. The highest BCUT2D eigenvalue weighted by Crippen LogP contribution is 2.30. The quantitative estimate of drug-likeness (QED) is 0.193. The lowest BCUT2D eigenvalue weighted by Crippen LogP contribution is -2.19. The highest BCUT2D eigenvalue weighted by Gasteiger charge is 2.19. The third kappa shape index (κ3) is 6.17. The summed E-state index contributed by atoms with van der Waals surface area (Å²) in [6.45, 7) is 6.56. The molecule has 0 radical (unpaired) electrons. The number of carbonyl (C=O) groups excluding carboxylic acids is 1. The number of hydrazone groups is 1. The molecule has 1 amide bonds. The Kier molecular flexibility index (Phi) is 7.67. The van der Waals surface area contributed by atoms with E-state index in [1.54, 1.807) is 24.7 Å². The third-order valence-corrected chi connectivity index (χ3v) is 6.97. The number of nitrogens with zero attached hydrogens (tertiary/aromatic N) is 4. The SMILES string of the molecule is COc1ccc(-n2c(SCC(=O)NN=Cc3cccs3)nnc2-c2ccc(C(C)(C)C)cc2)cc1. The fraction of sp³-hybridized carbons (Fsp3) is 0.231. The molecule has 0 saturated heterocycles. The lowest BCUT2D eigenvalue weighted by atomic mass is 9.87. The number of nitrogens with one attached hydrogen (secondary N) is 1.